The molecule has 3 rings (SSSR count). The topological polar surface area (TPSA) is 20.2 Å². The van der Waals surface area contributed by atoms with Gasteiger partial charge < -0.3 is 5.11 Å². The third kappa shape index (κ3) is 2.26. The molecule has 1 aliphatic carbocycles. The summed E-state index contributed by atoms with van der Waals surface area (Å²) in [4.78, 5) is 0. The van der Waals surface area contributed by atoms with Crippen molar-refractivity contribution in [2.45, 2.75) is 24.9 Å². The number of benzene rings is 2. The fourth-order valence-corrected chi connectivity index (χ4v) is 2.83. The molecule has 2 aromatic rings. The quantitative estimate of drug-likeness (QED) is 0.880. The summed E-state index contributed by atoms with van der Waals surface area (Å²) in [6.45, 7) is 0. The first-order chi connectivity index (χ1) is 9.07. The van der Waals surface area contributed by atoms with Crippen molar-refractivity contribution in [2.75, 3.05) is 0 Å². The van der Waals surface area contributed by atoms with E-state index < -0.39 is 17.2 Å². The minimum Gasteiger partial charge on any atom is -0.389 e. The van der Waals surface area contributed by atoms with Crippen LogP contribution in [-0.4, -0.2) is 10.7 Å². The fourth-order valence-electron chi connectivity index (χ4n) is 2.83. The van der Waals surface area contributed by atoms with Crippen LogP contribution in [0.4, 0.5) is 8.78 Å². The van der Waals surface area contributed by atoms with E-state index in [-0.39, 0.29) is 12.0 Å². The van der Waals surface area contributed by atoms with E-state index in [4.69, 9.17) is 0 Å². The van der Waals surface area contributed by atoms with Gasteiger partial charge in [0.25, 0.3) is 0 Å². The van der Waals surface area contributed by atoms with Crippen LogP contribution in [0.3, 0.4) is 0 Å². The fraction of sp³-hybridized carbons (Fsp3) is 0.250. The lowest BCUT2D eigenvalue weighted by Gasteiger charge is -2.22. The molecule has 0 spiro atoms. The molecule has 0 atom stereocenters. The van der Waals surface area contributed by atoms with Crippen LogP contribution >= 0.6 is 0 Å². The van der Waals surface area contributed by atoms with E-state index in [1.165, 1.54) is 18.2 Å². The maximum Gasteiger partial charge on any atom is 0.129 e. The second-order valence-corrected chi connectivity index (χ2v) is 5.22. The molecule has 2 aromatic carbocycles. The molecule has 0 bridgehead atoms. The lowest BCUT2D eigenvalue weighted by atomic mass is 9.91. The van der Waals surface area contributed by atoms with Gasteiger partial charge in [0.2, 0.25) is 0 Å². The smallest absolute Gasteiger partial charge is 0.129 e. The Hall–Kier alpha value is -1.74. The molecule has 0 saturated carbocycles. The average molecular weight is 260 g/mol. The van der Waals surface area contributed by atoms with Gasteiger partial charge in [-0.25, -0.2) is 8.78 Å². The molecule has 0 saturated heterocycles. The lowest BCUT2D eigenvalue weighted by molar-refractivity contribution is 0.0500. The molecule has 0 radical (unpaired) electrons. The van der Waals surface area contributed by atoms with Gasteiger partial charge in [0.05, 0.1) is 5.60 Å². The second-order valence-electron chi connectivity index (χ2n) is 5.22. The summed E-state index contributed by atoms with van der Waals surface area (Å²) in [6.07, 6.45) is 0.883. The molecular weight excluding hydrogens is 246 g/mol. The molecular formula is C16H14F2O. The van der Waals surface area contributed by atoms with E-state index in [2.05, 4.69) is 0 Å². The maximum atomic E-state index is 13.7. The van der Waals surface area contributed by atoms with Crippen LogP contribution in [0.1, 0.15) is 16.7 Å². The van der Waals surface area contributed by atoms with Crippen molar-refractivity contribution in [1.82, 2.24) is 0 Å². The molecule has 0 aliphatic heterocycles. The van der Waals surface area contributed by atoms with Crippen molar-refractivity contribution in [3.63, 3.8) is 0 Å². The van der Waals surface area contributed by atoms with Crippen LogP contribution in [0.2, 0.25) is 0 Å². The summed E-state index contributed by atoms with van der Waals surface area (Å²) in [5.41, 5.74) is 0.994. The number of halogens is 2. The monoisotopic (exact) mass is 260 g/mol. The van der Waals surface area contributed by atoms with Crippen molar-refractivity contribution in [3.8, 4) is 0 Å². The Morgan fingerprint density at radius 1 is 0.895 bits per heavy atom. The van der Waals surface area contributed by atoms with E-state index in [1.54, 1.807) is 0 Å². The molecule has 0 aromatic heterocycles. The second kappa shape index (κ2) is 4.42. The number of hydrogen-bond acceptors (Lipinski definition) is 1. The minimum absolute atomic E-state index is 0.000185. The zero-order valence-electron chi connectivity index (χ0n) is 10.4. The highest BCUT2D eigenvalue weighted by Gasteiger charge is 2.36. The zero-order chi connectivity index (χ0) is 13.5. The molecule has 1 aliphatic rings. The highest BCUT2D eigenvalue weighted by molar-refractivity contribution is 5.36. The van der Waals surface area contributed by atoms with Gasteiger partial charge >= 0.3 is 0 Å². The van der Waals surface area contributed by atoms with Crippen LogP contribution in [0.5, 0.6) is 0 Å². The summed E-state index contributed by atoms with van der Waals surface area (Å²) < 4.78 is 27.3. The molecule has 98 valence electrons. The highest BCUT2D eigenvalue weighted by atomic mass is 19.1. The molecule has 0 amide bonds. The average Bonchev–Trinajstić information content (AvgIpc) is 2.70. The first-order valence-electron chi connectivity index (χ1n) is 6.29. The Balaban J connectivity index is 1.89. The van der Waals surface area contributed by atoms with Gasteiger partial charge in [0.15, 0.2) is 0 Å². The molecule has 0 unspecified atom stereocenters. The van der Waals surface area contributed by atoms with Crippen LogP contribution in [-0.2, 0) is 19.3 Å². The van der Waals surface area contributed by atoms with Crippen molar-refractivity contribution < 1.29 is 13.9 Å². The summed E-state index contributed by atoms with van der Waals surface area (Å²) >= 11 is 0. The SMILES string of the molecule is OC1(Cc2c(F)cccc2F)Cc2ccccc2C1. The lowest BCUT2D eigenvalue weighted by Crippen LogP contribution is -2.33. The van der Waals surface area contributed by atoms with Crippen LogP contribution < -0.4 is 0 Å². The van der Waals surface area contributed by atoms with Gasteiger partial charge in [-0.15, -0.1) is 0 Å². The molecule has 19 heavy (non-hydrogen) atoms. The van der Waals surface area contributed by atoms with Gasteiger partial charge in [-0.2, -0.15) is 0 Å². The highest BCUT2D eigenvalue weighted by Crippen LogP contribution is 2.33. The van der Waals surface area contributed by atoms with Crippen molar-refractivity contribution in [2.24, 2.45) is 0 Å². The predicted molar refractivity (Wildman–Crippen MR) is 68.9 cm³/mol. The van der Waals surface area contributed by atoms with Crippen LogP contribution in [0.15, 0.2) is 42.5 Å². The van der Waals surface area contributed by atoms with Crippen molar-refractivity contribution >= 4 is 0 Å². The van der Waals surface area contributed by atoms with Crippen LogP contribution in [0, 0.1) is 11.6 Å². The molecule has 1 N–H and O–H groups in total. The summed E-state index contributed by atoms with van der Waals surface area (Å²) in [6, 6.07) is 11.5. The Morgan fingerprint density at radius 2 is 1.42 bits per heavy atom. The molecule has 1 nitrogen and oxygen atoms in total. The minimum atomic E-state index is -1.09. The molecule has 0 fully saturated rings. The van der Waals surface area contributed by atoms with Gasteiger partial charge in [0, 0.05) is 24.8 Å². The first-order valence-corrected chi connectivity index (χ1v) is 6.29. The maximum absolute atomic E-state index is 13.7. The Bertz CT molecular complexity index is 577. The van der Waals surface area contributed by atoms with Gasteiger partial charge in [-0.3, -0.25) is 0 Å². The third-order valence-corrected chi connectivity index (χ3v) is 3.72. The van der Waals surface area contributed by atoms with E-state index in [1.807, 2.05) is 24.3 Å². The predicted octanol–water partition coefficient (Wildman–Crippen LogP) is 3.04. The Kier molecular flexibility index (Phi) is 2.86. The van der Waals surface area contributed by atoms with E-state index in [0.29, 0.717) is 12.8 Å². The van der Waals surface area contributed by atoms with E-state index in [9.17, 15) is 13.9 Å². The normalized spacial score (nSPS) is 16.4. The number of fused-ring (bicyclic) bond motifs is 1. The van der Waals surface area contributed by atoms with E-state index in [0.717, 1.165) is 11.1 Å². The number of aliphatic hydroxyl groups is 1. The van der Waals surface area contributed by atoms with Gasteiger partial charge in [0.1, 0.15) is 11.6 Å². The van der Waals surface area contributed by atoms with Crippen molar-refractivity contribution in [1.29, 1.82) is 0 Å². The summed E-state index contributed by atoms with van der Waals surface area (Å²) in [7, 11) is 0. The van der Waals surface area contributed by atoms with Gasteiger partial charge in [-0.05, 0) is 23.3 Å². The summed E-state index contributed by atoms with van der Waals surface area (Å²) in [5.74, 6) is -1.19. The largest absolute Gasteiger partial charge is 0.389 e. The summed E-state index contributed by atoms with van der Waals surface area (Å²) in [5, 5.41) is 10.6. The van der Waals surface area contributed by atoms with Gasteiger partial charge in [-0.1, -0.05) is 30.3 Å². The van der Waals surface area contributed by atoms with E-state index >= 15 is 0 Å². The number of rotatable bonds is 2. The zero-order valence-corrected chi connectivity index (χ0v) is 10.4. The Labute approximate surface area is 110 Å². The molecule has 3 heteroatoms. The van der Waals surface area contributed by atoms with Crippen molar-refractivity contribution in [3.05, 3.63) is 70.8 Å². The first kappa shape index (κ1) is 12.3. The number of hydrogen-bond donors (Lipinski definition) is 1. The Morgan fingerprint density at radius 3 is 1.95 bits per heavy atom. The standard InChI is InChI=1S/C16H14F2O/c17-14-6-3-7-15(18)13(14)10-16(19)8-11-4-1-2-5-12(11)9-16/h1-7,19H,8-10H2. The molecule has 0 heterocycles. The third-order valence-electron chi connectivity index (χ3n) is 3.72. The van der Waals surface area contributed by atoms with Crippen LogP contribution in [0.25, 0.3) is 0 Å².